The van der Waals surface area contributed by atoms with Crippen LogP contribution >= 0.6 is 0 Å². The average molecular weight is 332 g/mol. The van der Waals surface area contributed by atoms with Crippen molar-refractivity contribution in [1.82, 2.24) is 5.32 Å². The Hall–Kier alpha value is -2.44. The fraction of sp³-hybridized carbons (Fsp3) is 0.278. The SMILES string of the molecule is CC(NCC(O)COc1ccc(F)cc1)(C(N)=O)c1ccccc1. The van der Waals surface area contributed by atoms with Crippen LogP contribution in [0.4, 0.5) is 4.39 Å². The molecule has 6 heteroatoms. The Morgan fingerprint density at radius 1 is 1.25 bits per heavy atom. The number of halogens is 1. The molecule has 0 aliphatic carbocycles. The van der Waals surface area contributed by atoms with Crippen LogP contribution in [-0.2, 0) is 10.3 Å². The van der Waals surface area contributed by atoms with E-state index in [1.807, 2.05) is 18.2 Å². The number of primary amides is 1. The molecule has 4 N–H and O–H groups in total. The molecule has 0 radical (unpaired) electrons. The number of ether oxygens (including phenoxy) is 1. The van der Waals surface area contributed by atoms with Gasteiger partial charge in [0, 0.05) is 6.54 Å². The van der Waals surface area contributed by atoms with Crippen LogP contribution in [-0.4, -0.2) is 30.3 Å². The van der Waals surface area contributed by atoms with E-state index in [2.05, 4.69) is 5.32 Å². The summed E-state index contributed by atoms with van der Waals surface area (Å²) in [5.41, 5.74) is 5.13. The van der Waals surface area contributed by atoms with E-state index in [4.69, 9.17) is 10.5 Å². The number of benzene rings is 2. The minimum Gasteiger partial charge on any atom is -0.491 e. The third-order valence-corrected chi connectivity index (χ3v) is 3.79. The molecule has 2 aromatic carbocycles. The predicted molar refractivity (Wildman–Crippen MR) is 88.9 cm³/mol. The number of amides is 1. The van der Waals surface area contributed by atoms with Gasteiger partial charge in [-0.2, -0.15) is 0 Å². The van der Waals surface area contributed by atoms with Crippen molar-refractivity contribution in [3.8, 4) is 5.75 Å². The Kier molecular flexibility index (Phi) is 5.89. The van der Waals surface area contributed by atoms with Crippen LogP contribution in [0.2, 0.25) is 0 Å². The Bertz CT molecular complexity index is 664. The molecule has 0 heterocycles. The molecule has 24 heavy (non-hydrogen) atoms. The summed E-state index contributed by atoms with van der Waals surface area (Å²) in [5.74, 6) is -0.443. The third-order valence-electron chi connectivity index (χ3n) is 3.79. The molecule has 0 fully saturated rings. The number of hydrogen-bond acceptors (Lipinski definition) is 4. The monoisotopic (exact) mass is 332 g/mol. The first-order valence-electron chi connectivity index (χ1n) is 7.58. The first-order valence-corrected chi connectivity index (χ1v) is 7.58. The van der Waals surface area contributed by atoms with Crippen molar-refractivity contribution in [2.24, 2.45) is 5.73 Å². The van der Waals surface area contributed by atoms with Crippen LogP contribution in [0.1, 0.15) is 12.5 Å². The molecular formula is C18H21FN2O3. The van der Waals surface area contributed by atoms with E-state index in [0.29, 0.717) is 11.3 Å². The summed E-state index contributed by atoms with van der Waals surface area (Å²) in [7, 11) is 0. The van der Waals surface area contributed by atoms with Crippen molar-refractivity contribution < 1.29 is 19.0 Å². The van der Waals surface area contributed by atoms with Crippen molar-refractivity contribution >= 4 is 5.91 Å². The van der Waals surface area contributed by atoms with Gasteiger partial charge in [0.05, 0.1) is 0 Å². The standard InChI is InChI=1S/C18H21FN2O3/c1-18(17(20)23,13-5-3-2-4-6-13)21-11-15(22)12-24-16-9-7-14(19)8-10-16/h2-10,15,21-22H,11-12H2,1H3,(H2,20,23). The molecule has 0 aromatic heterocycles. The lowest BCUT2D eigenvalue weighted by molar-refractivity contribution is -0.124. The number of carbonyl (C=O) groups is 1. The molecule has 0 spiro atoms. The van der Waals surface area contributed by atoms with Gasteiger partial charge in [-0.1, -0.05) is 30.3 Å². The molecule has 128 valence electrons. The van der Waals surface area contributed by atoms with E-state index >= 15 is 0 Å². The van der Waals surface area contributed by atoms with Crippen molar-refractivity contribution in [2.45, 2.75) is 18.6 Å². The first-order chi connectivity index (χ1) is 11.4. The van der Waals surface area contributed by atoms with Crippen LogP contribution in [0.25, 0.3) is 0 Å². The molecule has 1 amide bonds. The second kappa shape index (κ2) is 7.90. The summed E-state index contributed by atoms with van der Waals surface area (Å²) in [5, 5.41) is 13.0. The zero-order valence-corrected chi connectivity index (χ0v) is 13.4. The molecule has 0 bridgehead atoms. The molecule has 0 saturated carbocycles. The number of nitrogens with one attached hydrogen (secondary N) is 1. The quantitative estimate of drug-likeness (QED) is 0.685. The zero-order valence-electron chi connectivity index (χ0n) is 13.4. The van der Waals surface area contributed by atoms with Crippen molar-refractivity contribution in [1.29, 1.82) is 0 Å². The lowest BCUT2D eigenvalue weighted by Crippen LogP contribution is -2.53. The molecule has 0 aliphatic rings. The van der Waals surface area contributed by atoms with E-state index in [1.165, 1.54) is 24.3 Å². The van der Waals surface area contributed by atoms with Gasteiger partial charge in [-0.05, 0) is 36.8 Å². The van der Waals surface area contributed by atoms with Gasteiger partial charge in [0.1, 0.15) is 29.8 Å². The highest BCUT2D eigenvalue weighted by molar-refractivity contribution is 5.85. The fourth-order valence-electron chi connectivity index (χ4n) is 2.21. The van der Waals surface area contributed by atoms with Gasteiger partial charge < -0.3 is 15.6 Å². The van der Waals surface area contributed by atoms with Gasteiger partial charge in [-0.3, -0.25) is 10.1 Å². The molecule has 0 saturated heterocycles. The van der Waals surface area contributed by atoms with Gasteiger partial charge in [0.2, 0.25) is 5.91 Å². The minimum atomic E-state index is -1.10. The van der Waals surface area contributed by atoms with E-state index in [-0.39, 0.29) is 19.0 Å². The summed E-state index contributed by atoms with van der Waals surface area (Å²) in [6, 6.07) is 14.6. The van der Waals surface area contributed by atoms with Gasteiger partial charge in [0.15, 0.2) is 0 Å². The maximum absolute atomic E-state index is 12.8. The summed E-state index contributed by atoms with van der Waals surface area (Å²) < 4.78 is 18.2. The number of rotatable bonds is 8. The normalized spacial score (nSPS) is 14.6. The summed E-state index contributed by atoms with van der Waals surface area (Å²) in [6.07, 6.45) is -0.863. The number of nitrogens with two attached hydrogens (primary N) is 1. The van der Waals surface area contributed by atoms with Crippen LogP contribution in [0, 0.1) is 5.82 Å². The molecular weight excluding hydrogens is 311 g/mol. The number of carbonyl (C=O) groups excluding carboxylic acids is 1. The number of hydrogen-bond donors (Lipinski definition) is 3. The summed E-state index contributed by atoms with van der Waals surface area (Å²) in [6.45, 7) is 1.77. The Labute approximate surface area is 140 Å². The molecule has 2 unspecified atom stereocenters. The van der Waals surface area contributed by atoms with Gasteiger partial charge >= 0.3 is 0 Å². The second-order valence-corrected chi connectivity index (χ2v) is 5.65. The third kappa shape index (κ3) is 4.53. The Morgan fingerprint density at radius 2 is 1.88 bits per heavy atom. The molecule has 5 nitrogen and oxygen atoms in total. The van der Waals surface area contributed by atoms with Crippen LogP contribution < -0.4 is 15.8 Å². The van der Waals surface area contributed by atoms with E-state index < -0.39 is 17.6 Å². The maximum Gasteiger partial charge on any atom is 0.242 e. The van der Waals surface area contributed by atoms with E-state index in [1.54, 1.807) is 19.1 Å². The largest absolute Gasteiger partial charge is 0.491 e. The predicted octanol–water partition coefficient (Wildman–Crippen LogP) is 1.56. The van der Waals surface area contributed by atoms with Crippen molar-refractivity contribution in [3.63, 3.8) is 0 Å². The highest BCUT2D eigenvalue weighted by Crippen LogP contribution is 2.20. The highest BCUT2D eigenvalue weighted by atomic mass is 19.1. The average Bonchev–Trinajstić information content (AvgIpc) is 2.59. The van der Waals surface area contributed by atoms with Gasteiger partial charge in [-0.25, -0.2) is 4.39 Å². The zero-order chi connectivity index (χ0) is 17.6. The number of aliphatic hydroxyl groups is 1. The highest BCUT2D eigenvalue weighted by Gasteiger charge is 2.33. The molecule has 2 aromatic rings. The maximum atomic E-state index is 12.8. The Balaban J connectivity index is 1.92. The fourth-order valence-corrected chi connectivity index (χ4v) is 2.21. The Morgan fingerprint density at radius 3 is 2.46 bits per heavy atom. The molecule has 2 rings (SSSR count). The van der Waals surface area contributed by atoms with Crippen LogP contribution in [0.15, 0.2) is 54.6 Å². The smallest absolute Gasteiger partial charge is 0.242 e. The van der Waals surface area contributed by atoms with E-state index in [0.717, 1.165) is 0 Å². The van der Waals surface area contributed by atoms with Crippen molar-refractivity contribution in [2.75, 3.05) is 13.2 Å². The number of aliphatic hydroxyl groups excluding tert-OH is 1. The first kappa shape index (κ1) is 17.9. The van der Waals surface area contributed by atoms with Gasteiger partial charge in [0.25, 0.3) is 0 Å². The topological polar surface area (TPSA) is 84.6 Å². The van der Waals surface area contributed by atoms with Crippen LogP contribution in [0.3, 0.4) is 0 Å². The second-order valence-electron chi connectivity index (χ2n) is 5.65. The molecule has 2 atom stereocenters. The summed E-state index contributed by atoms with van der Waals surface area (Å²) in [4.78, 5) is 11.9. The van der Waals surface area contributed by atoms with Crippen LogP contribution in [0.5, 0.6) is 5.75 Å². The van der Waals surface area contributed by atoms with Gasteiger partial charge in [-0.15, -0.1) is 0 Å². The van der Waals surface area contributed by atoms with E-state index in [9.17, 15) is 14.3 Å². The lowest BCUT2D eigenvalue weighted by atomic mass is 9.91. The molecule has 0 aliphatic heterocycles. The van der Waals surface area contributed by atoms with Crippen molar-refractivity contribution in [3.05, 3.63) is 66.0 Å². The minimum absolute atomic E-state index is 0.00225. The summed E-state index contributed by atoms with van der Waals surface area (Å²) >= 11 is 0. The lowest BCUT2D eigenvalue weighted by Gasteiger charge is -2.29.